The van der Waals surface area contributed by atoms with Gasteiger partial charge in [-0.1, -0.05) is 0 Å². The minimum Gasteiger partial charge on any atom is -0.330 e. The number of hydrogen-bond donors (Lipinski definition) is 2. The van der Waals surface area contributed by atoms with Crippen molar-refractivity contribution < 1.29 is 13.2 Å². The summed E-state index contributed by atoms with van der Waals surface area (Å²) in [5.74, 6) is 4.24. The van der Waals surface area contributed by atoms with Crippen molar-refractivity contribution in [1.82, 2.24) is 9.71 Å². The van der Waals surface area contributed by atoms with Gasteiger partial charge in [0.1, 0.15) is 0 Å². The number of carbonyl (C=O) groups is 1. The molecule has 0 radical (unpaired) electrons. The second kappa shape index (κ2) is 7.62. The van der Waals surface area contributed by atoms with Crippen molar-refractivity contribution in [3.8, 4) is 11.8 Å². The lowest BCUT2D eigenvalue weighted by atomic mass is 10.1. The first-order valence-corrected chi connectivity index (χ1v) is 7.68. The molecule has 108 valence electrons. The van der Waals surface area contributed by atoms with Gasteiger partial charge in [-0.25, -0.2) is 13.1 Å². The standard InChI is InChI=1S/C13H17N3O3S/c1-2-3-5-11(8-14)10-20(18,19)16-13(17)12-6-4-7-15-9-12/h4,6-7,9,11H,5,8,10,14H2,1H3,(H,16,17). The molecule has 1 amide bonds. The molecule has 0 saturated carbocycles. The minimum absolute atomic E-state index is 0.189. The van der Waals surface area contributed by atoms with Crippen LogP contribution in [-0.2, 0) is 10.0 Å². The van der Waals surface area contributed by atoms with E-state index in [9.17, 15) is 13.2 Å². The molecule has 1 atom stereocenters. The van der Waals surface area contributed by atoms with Crippen molar-refractivity contribution in [2.24, 2.45) is 11.7 Å². The lowest BCUT2D eigenvalue weighted by Gasteiger charge is -2.12. The third-order valence-electron chi connectivity index (χ3n) is 2.53. The van der Waals surface area contributed by atoms with Crippen LogP contribution in [0, 0.1) is 17.8 Å². The lowest BCUT2D eigenvalue weighted by molar-refractivity contribution is 0.0981. The van der Waals surface area contributed by atoms with E-state index in [-0.39, 0.29) is 23.8 Å². The molecule has 1 aromatic rings. The molecule has 0 bridgehead atoms. The summed E-state index contributed by atoms with van der Waals surface area (Å²) in [5.41, 5.74) is 5.70. The van der Waals surface area contributed by atoms with Gasteiger partial charge in [0.25, 0.3) is 5.91 Å². The highest BCUT2D eigenvalue weighted by Gasteiger charge is 2.20. The van der Waals surface area contributed by atoms with E-state index in [0.717, 1.165) is 0 Å². The molecule has 0 saturated heterocycles. The van der Waals surface area contributed by atoms with Crippen molar-refractivity contribution >= 4 is 15.9 Å². The summed E-state index contributed by atoms with van der Waals surface area (Å²) in [4.78, 5) is 15.5. The molecule has 0 fully saturated rings. The molecule has 6 nitrogen and oxygen atoms in total. The van der Waals surface area contributed by atoms with Gasteiger partial charge in [-0.15, -0.1) is 11.8 Å². The maximum absolute atomic E-state index is 11.9. The molecule has 0 aliphatic heterocycles. The average Bonchev–Trinajstić information content (AvgIpc) is 2.43. The first-order chi connectivity index (χ1) is 9.48. The second-order valence-electron chi connectivity index (χ2n) is 4.19. The van der Waals surface area contributed by atoms with Gasteiger partial charge in [0.05, 0.1) is 11.3 Å². The average molecular weight is 295 g/mol. The molecule has 0 aliphatic rings. The van der Waals surface area contributed by atoms with Crippen molar-refractivity contribution in [2.75, 3.05) is 12.3 Å². The van der Waals surface area contributed by atoms with E-state index in [0.29, 0.717) is 6.42 Å². The van der Waals surface area contributed by atoms with Crippen LogP contribution >= 0.6 is 0 Å². The smallest absolute Gasteiger partial charge is 0.266 e. The highest BCUT2D eigenvalue weighted by atomic mass is 32.2. The fourth-order valence-electron chi connectivity index (χ4n) is 1.51. The number of amides is 1. The Labute approximate surface area is 118 Å². The highest BCUT2D eigenvalue weighted by molar-refractivity contribution is 7.90. The number of sulfonamides is 1. The zero-order valence-corrected chi connectivity index (χ0v) is 12.0. The van der Waals surface area contributed by atoms with E-state index < -0.39 is 15.9 Å². The molecular weight excluding hydrogens is 278 g/mol. The van der Waals surface area contributed by atoms with Crippen LogP contribution in [0.5, 0.6) is 0 Å². The summed E-state index contributed by atoms with van der Waals surface area (Å²) in [7, 11) is -3.75. The van der Waals surface area contributed by atoms with Crippen LogP contribution in [0.3, 0.4) is 0 Å². The predicted molar refractivity (Wildman–Crippen MR) is 76.1 cm³/mol. The summed E-state index contributed by atoms with van der Waals surface area (Å²) >= 11 is 0. The largest absolute Gasteiger partial charge is 0.330 e. The zero-order chi connectivity index (χ0) is 15.0. The Balaban J connectivity index is 2.69. The molecule has 0 aliphatic carbocycles. The SMILES string of the molecule is CC#CCC(CN)CS(=O)(=O)NC(=O)c1cccnc1. The van der Waals surface area contributed by atoms with E-state index in [4.69, 9.17) is 5.73 Å². The topological polar surface area (TPSA) is 102 Å². The van der Waals surface area contributed by atoms with Gasteiger partial charge in [0, 0.05) is 18.8 Å². The van der Waals surface area contributed by atoms with Gasteiger partial charge < -0.3 is 5.73 Å². The Hall–Kier alpha value is -1.91. The maximum Gasteiger partial charge on any atom is 0.266 e. The van der Waals surface area contributed by atoms with Crippen molar-refractivity contribution in [1.29, 1.82) is 0 Å². The molecule has 0 spiro atoms. The number of aromatic nitrogens is 1. The van der Waals surface area contributed by atoms with Crippen LogP contribution in [0.2, 0.25) is 0 Å². The van der Waals surface area contributed by atoms with Gasteiger partial charge in [-0.3, -0.25) is 9.78 Å². The van der Waals surface area contributed by atoms with Crippen LogP contribution < -0.4 is 10.5 Å². The Kier molecular flexibility index (Phi) is 6.15. The van der Waals surface area contributed by atoms with Gasteiger partial charge in [0.2, 0.25) is 10.0 Å². The molecule has 1 unspecified atom stereocenters. The number of hydrogen-bond acceptors (Lipinski definition) is 5. The maximum atomic E-state index is 11.9. The van der Waals surface area contributed by atoms with Crippen LogP contribution in [-0.4, -0.2) is 31.6 Å². The van der Waals surface area contributed by atoms with Crippen LogP contribution in [0.4, 0.5) is 0 Å². The van der Waals surface area contributed by atoms with Crippen molar-refractivity contribution in [3.05, 3.63) is 30.1 Å². The number of rotatable bonds is 6. The Morgan fingerprint density at radius 3 is 2.85 bits per heavy atom. The minimum atomic E-state index is -3.75. The quantitative estimate of drug-likeness (QED) is 0.726. The number of carbonyl (C=O) groups excluding carboxylic acids is 1. The first-order valence-electron chi connectivity index (χ1n) is 6.03. The molecule has 0 aromatic carbocycles. The number of pyridine rings is 1. The van der Waals surface area contributed by atoms with E-state index in [1.165, 1.54) is 18.5 Å². The zero-order valence-electron chi connectivity index (χ0n) is 11.2. The predicted octanol–water partition coefficient (Wildman–Crippen LogP) is 0.130. The summed E-state index contributed by atoms with van der Waals surface area (Å²) in [6.45, 7) is 1.86. The molecular formula is C13H17N3O3S. The first kappa shape index (κ1) is 16.1. The molecule has 1 rings (SSSR count). The normalized spacial score (nSPS) is 12.1. The number of nitrogens with zero attached hydrogens (tertiary/aromatic N) is 1. The summed E-state index contributed by atoms with van der Waals surface area (Å²) in [5, 5.41) is 0. The van der Waals surface area contributed by atoms with Gasteiger partial charge in [0.15, 0.2) is 0 Å². The summed E-state index contributed by atoms with van der Waals surface area (Å²) in [6.07, 6.45) is 3.18. The summed E-state index contributed by atoms with van der Waals surface area (Å²) < 4.78 is 25.8. The fraction of sp³-hybridized carbons (Fsp3) is 0.385. The number of nitrogens with two attached hydrogens (primary N) is 1. The molecule has 20 heavy (non-hydrogen) atoms. The summed E-state index contributed by atoms with van der Waals surface area (Å²) in [6, 6.07) is 3.04. The molecule has 1 aromatic heterocycles. The van der Waals surface area contributed by atoms with E-state index in [2.05, 4.69) is 16.8 Å². The molecule has 1 heterocycles. The van der Waals surface area contributed by atoms with Gasteiger partial charge in [-0.2, -0.15) is 0 Å². The highest BCUT2D eigenvalue weighted by Crippen LogP contribution is 2.05. The number of nitrogens with one attached hydrogen (secondary N) is 1. The van der Waals surface area contributed by atoms with E-state index in [1.54, 1.807) is 13.0 Å². The van der Waals surface area contributed by atoms with Gasteiger partial charge >= 0.3 is 0 Å². The molecule has 7 heteroatoms. The molecule has 3 N–H and O–H groups in total. The van der Waals surface area contributed by atoms with Gasteiger partial charge in [-0.05, 0) is 31.5 Å². The Morgan fingerprint density at radius 1 is 1.55 bits per heavy atom. The van der Waals surface area contributed by atoms with E-state index in [1.807, 2.05) is 4.72 Å². The van der Waals surface area contributed by atoms with Crippen LogP contribution in [0.1, 0.15) is 23.7 Å². The van der Waals surface area contributed by atoms with Crippen LogP contribution in [0.15, 0.2) is 24.5 Å². The Morgan fingerprint density at radius 2 is 2.30 bits per heavy atom. The van der Waals surface area contributed by atoms with Crippen molar-refractivity contribution in [3.63, 3.8) is 0 Å². The Bertz CT molecular complexity index is 603. The van der Waals surface area contributed by atoms with E-state index >= 15 is 0 Å². The second-order valence-corrected chi connectivity index (χ2v) is 5.95. The van der Waals surface area contributed by atoms with Crippen LogP contribution in [0.25, 0.3) is 0 Å². The third-order valence-corrected chi connectivity index (χ3v) is 3.93. The monoisotopic (exact) mass is 295 g/mol. The van der Waals surface area contributed by atoms with Crippen molar-refractivity contribution in [2.45, 2.75) is 13.3 Å². The fourth-order valence-corrected chi connectivity index (χ4v) is 2.86. The lowest BCUT2D eigenvalue weighted by Crippen LogP contribution is -2.36. The third kappa shape index (κ3) is 5.38.